The van der Waals surface area contributed by atoms with Crippen molar-refractivity contribution in [3.63, 3.8) is 0 Å². The minimum absolute atomic E-state index is 0.0172. The van der Waals surface area contributed by atoms with E-state index in [0.29, 0.717) is 12.1 Å². The highest BCUT2D eigenvalue weighted by Gasteiger charge is 2.29. The third-order valence-electron chi connectivity index (χ3n) is 2.19. The van der Waals surface area contributed by atoms with Gasteiger partial charge in [0.05, 0.1) is 13.2 Å². The van der Waals surface area contributed by atoms with E-state index in [-0.39, 0.29) is 13.2 Å². The van der Waals surface area contributed by atoms with E-state index in [1.54, 1.807) is 0 Å². The largest absolute Gasteiger partial charge is 0.509 e. The number of ether oxygens (including phenoxy) is 2. The van der Waals surface area contributed by atoms with Crippen LogP contribution in [0.1, 0.15) is 34.8 Å². The first-order valence-corrected chi connectivity index (χ1v) is 5.85. The van der Waals surface area contributed by atoms with Gasteiger partial charge in [0.2, 0.25) is 0 Å². The van der Waals surface area contributed by atoms with Gasteiger partial charge in [0.15, 0.2) is 0 Å². The fourth-order valence-electron chi connectivity index (χ4n) is 1.36. The smallest absolute Gasteiger partial charge is 0.461 e. The molecule has 1 aromatic rings. The molecule has 0 saturated carbocycles. The normalized spacial score (nSPS) is 11.1. The van der Waals surface area contributed by atoms with Gasteiger partial charge in [-0.1, -0.05) is 12.1 Å². The lowest BCUT2D eigenvalue weighted by Crippen LogP contribution is -2.36. The summed E-state index contributed by atoms with van der Waals surface area (Å²) in [5.41, 5.74) is -2.26. The first-order valence-electron chi connectivity index (χ1n) is 5.85. The van der Waals surface area contributed by atoms with Crippen LogP contribution in [0.3, 0.4) is 0 Å². The van der Waals surface area contributed by atoms with Crippen molar-refractivity contribution in [3.05, 3.63) is 23.5 Å². The van der Waals surface area contributed by atoms with E-state index in [9.17, 15) is 22.5 Å². The Morgan fingerprint density at radius 2 is 1.45 bits per heavy atom. The zero-order chi connectivity index (χ0) is 15.3. The number of halogens is 3. The van der Waals surface area contributed by atoms with Crippen LogP contribution in [0.4, 0.5) is 12.9 Å². The molecule has 0 radical (unpaired) electrons. The van der Waals surface area contributed by atoms with Crippen LogP contribution in [0, 0.1) is 0 Å². The average molecular weight is 290 g/mol. The molecule has 1 rings (SSSR count). The number of esters is 2. The van der Waals surface area contributed by atoms with E-state index >= 15 is 0 Å². The van der Waals surface area contributed by atoms with Crippen LogP contribution in [0.5, 0.6) is 0 Å². The Balaban J connectivity index is 3.28. The van der Waals surface area contributed by atoms with Crippen molar-refractivity contribution in [3.8, 4) is 0 Å². The summed E-state index contributed by atoms with van der Waals surface area (Å²) in [6.07, 6.45) is 0. The lowest BCUT2D eigenvalue weighted by molar-refractivity contribution is 0.0512. The molecule has 1 aromatic heterocycles. The molecular formula is C11H12BF3NO4-. The lowest BCUT2D eigenvalue weighted by Gasteiger charge is -2.16. The molecule has 0 spiro atoms. The molecule has 0 aromatic carbocycles. The number of hydrogen-bond acceptors (Lipinski definition) is 5. The second-order valence-electron chi connectivity index (χ2n) is 3.69. The summed E-state index contributed by atoms with van der Waals surface area (Å²) >= 11 is 0. The maximum Gasteiger partial charge on any atom is 0.509 e. The highest BCUT2D eigenvalue weighted by atomic mass is 19.4. The quantitative estimate of drug-likeness (QED) is 0.607. The molecule has 0 saturated heterocycles. The lowest BCUT2D eigenvalue weighted by atomic mass is 9.80. The summed E-state index contributed by atoms with van der Waals surface area (Å²) < 4.78 is 47.5. The predicted molar refractivity (Wildman–Crippen MR) is 64.9 cm³/mol. The van der Waals surface area contributed by atoms with Crippen molar-refractivity contribution in [2.75, 3.05) is 13.2 Å². The second-order valence-corrected chi connectivity index (χ2v) is 3.69. The fraction of sp³-hybridized carbons (Fsp3) is 0.364. The summed E-state index contributed by atoms with van der Waals surface area (Å²) in [4.78, 5) is 26.5. The molecule has 0 aliphatic rings. The Morgan fingerprint density at radius 3 is 1.75 bits per heavy atom. The molecule has 0 atom stereocenters. The standard InChI is InChI=1S/C11H12BF3NO4/c1-3-19-10(17)8-5-7(12(13,14)15)6-9(16-8)11(18)20-4-2/h5-6H,3-4H2,1-2H3/q-1. The van der Waals surface area contributed by atoms with E-state index in [4.69, 9.17) is 0 Å². The maximum absolute atomic E-state index is 12.8. The Labute approximate surface area is 113 Å². The van der Waals surface area contributed by atoms with Gasteiger partial charge in [0.25, 0.3) is 0 Å². The number of aromatic nitrogens is 1. The molecule has 0 aliphatic carbocycles. The second kappa shape index (κ2) is 6.40. The van der Waals surface area contributed by atoms with Crippen molar-refractivity contribution in [1.82, 2.24) is 4.98 Å². The third-order valence-corrected chi connectivity index (χ3v) is 2.19. The molecule has 0 amide bonds. The number of hydrogen-bond donors (Lipinski definition) is 0. The van der Waals surface area contributed by atoms with Crippen LogP contribution in [0.2, 0.25) is 0 Å². The Morgan fingerprint density at radius 1 is 1.05 bits per heavy atom. The Hall–Kier alpha value is -2.06. The minimum Gasteiger partial charge on any atom is -0.461 e. The third kappa shape index (κ3) is 3.97. The van der Waals surface area contributed by atoms with Gasteiger partial charge in [-0.05, 0) is 13.8 Å². The van der Waals surface area contributed by atoms with Crippen LogP contribution in [0.15, 0.2) is 12.1 Å². The van der Waals surface area contributed by atoms with E-state index in [1.165, 1.54) is 13.8 Å². The fourth-order valence-corrected chi connectivity index (χ4v) is 1.36. The SMILES string of the molecule is CCOC(=O)c1cc([B-](F)(F)F)cc(C(=O)OCC)n1. The van der Waals surface area contributed by atoms with Crippen LogP contribution >= 0.6 is 0 Å². The van der Waals surface area contributed by atoms with E-state index in [0.717, 1.165) is 0 Å². The van der Waals surface area contributed by atoms with Gasteiger partial charge < -0.3 is 22.4 Å². The van der Waals surface area contributed by atoms with Gasteiger partial charge in [-0.3, -0.25) is 0 Å². The van der Waals surface area contributed by atoms with Gasteiger partial charge in [-0.15, -0.1) is 5.46 Å². The number of pyridine rings is 1. The minimum atomic E-state index is -5.38. The van der Waals surface area contributed by atoms with Crippen molar-refractivity contribution < 1.29 is 32.0 Å². The van der Waals surface area contributed by atoms with Crippen molar-refractivity contribution >= 4 is 24.4 Å². The molecule has 0 aliphatic heterocycles. The van der Waals surface area contributed by atoms with Crippen LogP contribution in [-0.4, -0.2) is 37.1 Å². The zero-order valence-electron chi connectivity index (χ0n) is 10.9. The van der Waals surface area contributed by atoms with Gasteiger partial charge in [0, 0.05) is 0 Å². The summed E-state index contributed by atoms with van der Waals surface area (Å²) in [7, 11) is 0. The first kappa shape index (κ1) is 16.0. The first-order chi connectivity index (χ1) is 9.29. The van der Waals surface area contributed by atoms with E-state index < -0.39 is 35.8 Å². The maximum atomic E-state index is 12.8. The van der Waals surface area contributed by atoms with Crippen molar-refractivity contribution in [2.24, 2.45) is 0 Å². The van der Waals surface area contributed by atoms with Crippen LogP contribution in [0.25, 0.3) is 0 Å². The van der Waals surface area contributed by atoms with Crippen molar-refractivity contribution in [1.29, 1.82) is 0 Å². The number of carbonyl (C=O) groups excluding carboxylic acids is 2. The van der Waals surface area contributed by atoms with Gasteiger partial charge >= 0.3 is 18.9 Å². The molecule has 5 nitrogen and oxygen atoms in total. The number of rotatable bonds is 5. The zero-order valence-corrected chi connectivity index (χ0v) is 10.9. The molecule has 110 valence electrons. The molecule has 20 heavy (non-hydrogen) atoms. The van der Waals surface area contributed by atoms with E-state index in [1.807, 2.05) is 0 Å². The van der Waals surface area contributed by atoms with Gasteiger partial charge in [-0.25, -0.2) is 14.6 Å². The predicted octanol–water partition coefficient (Wildman–Crippen LogP) is 1.49. The highest BCUT2D eigenvalue weighted by molar-refractivity contribution is 6.73. The van der Waals surface area contributed by atoms with Gasteiger partial charge in [0.1, 0.15) is 11.4 Å². The summed E-state index contributed by atoms with van der Waals surface area (Å²) in [5, 5.41) is 0. The molecule has 0 bridgehead atoms. The number of nitrogens with zero attached hydrogens (tertiary/aromatic N) is 1. The topological polar surface area (TPSA) is 65.5 Å². The summed E-state index contributed by atoms with van der Waals surface area (Å²) in [5.74, 6) is -2.06. The molecular weight excluding hydrogens is 278 g/mol. The van der Waals surface area contributed by atoms with Crippen LogP contribution < -0.4 is 5.46 Å². The van der Waals surface area contributed by atoms with Gasteiger partial charge in [-0.2, -0.15) is 0 Å². The Bertz CT molecular complexity index is 483. The van der Waals surface area contributed by atoms with Crippen LogP contribution in [-0.2, 0) is 9.47 Å². The molecule has 1 heterocycles. The highest BCUT2D eigenvalue weighted by Crippen LogP contribution is 2.12. The molecule has 0 fully saturated rings. The average Bonchev–Trinajstić information content (AvgIpc) is 2.37. The molecule has 0 unspecified atom stereocenters. The molecule has 0 N–H and O–H groups in total. The Kier molecular flexibility index (Phi) is 5.12. The monoisotopic (exact) mass is 290 g/mol. The summed E-state index contributed by atoms with van der Waals surface area (Å²) in [6.45, 7) is -2.41. The molecule has 9 heteroatoms. The summed E-state index contributed by atoms with van der Waals surface area (Å²) in [6, 6.07) is 1.11. The number of carbonyl (C=O) groups is 2. The van der Waals surface area contributed by atoms with Crippen molar-refractivity contribution in [2.45, 2.75) is 13.8 Å². The van der Waals surface area contributed by atoms with E-state index in [2.05, 4.69) is 14.5 Å².